The Hall–Kier alpha value is -1.80. The molecule has 0 bridgehead atoms. The van der Waals surface area contributed by atoms with Crippen molar-refractivity contribution >= 4 is 33.4 Å². The number of non-ortho nitro benzene ring substituents is 1. The summed E-state index contributed by atoms with van der Waals surface area (Å²) in [5.41, 5.74) is -0.633. The van der Waals surface area contributed by atoms with Crippen LogP contribution in [0.25, 0.3) is 0 Å². The molecule has 7 nitrogen and oxygen atoms in total. The van der Waals surface area contributed by atoms with Gasteiger partial charge in [0, 0.05) is 35.0 Å². The number of aliphatic carboxylic acids is 1. The summed E-state index contributed by atoms with van der Waals surface area (Å²) in [5.74, 6) is -2.00. The predicted octanol–water partition coefficient (Wildman–Crippen LogP) is 1.68. The number of carboxylic acids is 1. The van der Waals surface area contributed by atoms with Gasteiger partial charge in [0.25, 0.3) is 5.69 Å². The first kappa shape index (κ1) is 15.3. The van der Waals surface area contributed by atoms with Gasteiger partial charge in [-0.2, -0.15) is 0 Å². The lowest BCUT2D eigenvalue weighted by Gasteiger charge is -2.11. The Morgan fingerprint density at radius 2 is 2.05 bits per heavy atom. The highest BCUT2D eigenvalue weighted by Gasteiger charge is 2.24. The summed E-state index contributed by atoms with van der Waals surface area (Å²) < 4.78 is 0. The van der Waals surface area contributed by atoms with E-state index in [4.69, 9.17) is 5.11 Å². The molecule has 1 rings (SSSR count). The predicted molar refractivity (Wildman–Crippen MR) is 68.4 cm³/mol. The first-order valence-electron chi connectivity index (χ1n) is 5.17. The number of nitro groups is 1. The first-order chi connectivity index (χ1) is 8.88. The molecule has 0 saturated carbocycles. The molecule has 0 fully saturated rings. The standard InChI is InChI=1S/C11H10BrNO6/c12-4-3-9(14)8-5-6(13(18)19)1-2-7(8)10(15)11(16)17/h1-2,5,10,15H,3-4H2,(H,16,17). The van der Waals surface area contributed by atoms with Crippen LogP contribution in [0.4, 0.5) is 5.69 Å². The Morgan fingerprint density at radius 3 is 2.53 bits per heavy atom. The quantitative estimate of drug-likeness (QED) is 0.354. The van der Waals surface area contributed by atoms with Gasteiger partial charge in [0.05, 0.1) is 4.92 Å². The number of benzene rings is 1. The van der Waals surface area contributed by atoms with Crippen LogP contribution in [0.15, 0.2) is 18.2 Å². The second-order valence-corrected chi connectivity index (χ2v) is 4.42. The van der Waals surface area contributed by atoms with E-state index in [0.717, 1.165) is 18.2 Å². The van der Waals surface area contributed by atoms with Crippen molar-refractivity contribution in [2.75, 3.05) is 5.33 Å². The molecule has 0 aromatic heterocycles. The number of halogens is 1. The lowest BCUT2D eigenvalue weighted by molar-refractivity contribution is -0.384. The molecule has 102 valence electrons. The Bertz CT molecular complexity index is 530. The molecule has 19 heavy (non-hydrogen) atoms. The van der Waals surface area contributed by atoms with Crippen molar-refractivity contribution in [2.45, 2.75) is 12.5 Å². The largest absolute Gasteiger partial charge is 0.479 e. The summed E-state index contributed by atoms with van der Waals surface area (Å²) >= 11 is 3.05. The van der Waals surface area contributed by atoms with Gasteiger partial charge in [0.1, 0.15) is 0 Å². The zero-order chi connectivity index (χ0) is 14.6. The molecule has 1 aromatic rings. The number of aliphatic hydroxyl groups excluding tert-OH is 1. The maximum atomic E-state index is 11.8. The number of carbonyl (C=O) groups excluding carboxylic acids is 1. The fourth-order valence-corrected chi connectivity index (χ4v) is 1.85. The Morgan fingerprint density at radius 1 is 1.42 bits per heavy atom. The number of aliphatic hydroxyl groups is 1. The molecule has 0 heterocycles. The van der Waals surface area contributed by atoms with Crippen LogP contribution in [-0.2, 0) is 4.79 Å². The van der Waals surface area contributed by atoms with E-state index in [-0.39, 0.29) is 23.2 Å². The molecule has 1 atom stereocenters. The van der Waals surface area contributed by atoms with Gasteiger partial charge >= 0.3 is 5.97 Å². The minimum Gasteiger partial charge on any atom is -0.479 e. The van der Waals surface area contributed by atoms with E-state index in [9.17, 15) is 24.8 Å². The number of Topliss-reactive ketones (excluding diaryl/α,β-unsaturated/α-hetero) is 1. The molecular weight excluding hydrogens is 322 g/mol. The van der Waals surface area contributed by atoms with Crippen LogP contribution < -0.4 is 0 Å². The second-order valence-electron chi connectivity index (χ2n) is 3.63. The van der Waals surface area contributed by atoms with Crippen molar-refractivity contribution in [3.05, 3.63) is 39.4 Å². The highest BCUT2D eigenvalue weighted by atomic mass is 79.9. The summed E-state index contributed by atoms with van der Waals surface area (Å²) in [6.45, 7) is 0. The van der Waals surface area contributed by atoms with Crippen LogP contribution in [-0.4, -0.2) is 32.2 Å². The summed E-state index contributed by atoms with van der Waals surface area (Å²) in [6.07, 6.45) is -1.85. The van der Waals surface area contributed by atoms with E-state index in [1.165, 1.54) is 0 Å². The third-order valence-electron chi connectivity index (χ3n) is 2.40. The van der Waals surface area contributed by atoms with Gasteiger partial charge < -0.3 is 10.2 Å². The zero-order valence-electron chi connectivity index (χ0n) is 9.58. The number of nitro benzene ring substituents is 1. The molecule has 1 aromatic carbocycles. The summed E-state index contributed by atoms with van der Waals surface area (Å²) in [5, 5.41) is 29.2. The van der Waals surface area contributed by atoms with E-state index >= 15 is 0 Å². The van der Waals surface area contributed by atoms with Gasteiger partial charge in [-0.05, 0) is 6.07 Å². The molecule has 0 radical (unpaired) electrons. The van der Waals surface area contributed by atoms with Gasteiger partial charge in [-0.1, -0.05) is 15.9 Å². The van der Waals surface area contributed by atoms with Gasteiger partial charge in [0.2, 0.25) is 0 Å². The van der Waals surface area contributed by atoms with Crippen LogP contribution in [0, 0.1) is 10.1 Å². The molecular formula is C11H10BrNO6. The molecule has 0 spiro atoms. The Labute approximate surface area is 116 Å². The summed E-state index contributed by atoms with van der Waals surface area (Å²) in [7, 11) is 0. The minimum atomic E-state index is -1.89. The van der Waals surface area contributed by atoms with Crippen molar-refractivity contribution in [1.29, 1.82) is 0 Å². The zero-order valence-corrected chi connectivity index (χ0v) is 11.2. The average molecular weight is 332 g/mol. The van der Waals surface area contributed by atoms with Gasteiger partial charge in [-0.15, -0.1) is 0 Å². The van der Waals surface area contributed by atoms with Crippen LogP contribution in [0.5, 0.6) is 0 Å². The number of carboxylic acid groups (broad SMARTS) is 1. The van der Waals surface area contributed by atoms with Crippen LogP contribution in [0.1, 0.15) is 28.4 Å². The summed E-state index contributed by atoms with van der Waals surface area (Å²) in [4.78, 5) is 32.5. The lowest BCUT2D eigenvalue weighted by atomic mass is 9.97. The normalized spacial score (nSPS) is 11.9. The number of carbonyl (C=O) groups is 2. The SMILES string of the molecule is O=C(CCBr)c1cc([N+](=O)[O-])ccc1C(O)C(=O)O. The molecule has 0 aliphatic rings. The second kappa shape index (κ2) is 6.39. The maximum absolute atomic E-state index is 11.8. The van der Waals surface area contributed by atoms with Crippen molar-refractivity contribution in [3.8, 4) is 0 Å². The molecule has 2 N–H and O–H groups in total. The summed E-state index contributed by atoms with van der Waals surface area (Å²) in [6, 6.07) is 3.11. The average Bonchev–Trinajstić information content (AvgIpc) is 2.37. The Kier molecular flexibility index (Phi) is 5.13. The number of alkyl halides is 1. The molecule has 0 amide bonds. The maximum Gasteiger partial charge on any atom is 0.337 e. The third kappa shape index (κ3) is 3.58. The lowest BCUT2D eigenvalue weighted by Crippen LogP contribution is -2.15. The van der Waals surface area contributed by atoms with E-state index < -0.39 is 22.8 Å². The highest BCUT2D eigenvalue weighted by Crippen LogP contribution is 2.25. The van der Waals surface area contributed by atoms with E-state index in [1.807, 2.05) is 0 Å². The van der Waals surface area contributed by atoms with Crippen molar-refractivity contribution < 1.29 is 24.7 Å². The number of nitrogens with zero attached hydrogens (tertiary/aromatic N) is 1. The van der Waals surface area contributed by atoms with E-state index in [0.29, 0.717) is 5.33 Å². The minimum absolute atomic E-state index is 0.0422. The van der Waals surface area contributed by atoms with Gasteiger partial charge in [0.15, 0.2) is 11.9 Å². The molecule has 0 saturated heterocycles. The Balaban J connectivity index is 3.34. The number of ketones is 1. The van der Waals surface area contributed by atoms with Crippen LogP contribution in [0.2, 0.25) is 0 Å². The fourth-order valence-electron chi connectivity index (χ4n) is 1.49. The van der Waals surface area contributed by atoms with Gasteiger partial charge in [-0.25, -0.2) is 4.79 Å². The molecule has 1 unspecified atom stereocenters. The monoisotopic (exact) mass is 331 g/mol. The van der Waals surface area contributed by atoms with Crippen molar-refractivity contribution in [1.82, 2.24) is 0 Å². The van der Waals surface area contributed by atoms with Crippen molar-refractivity contribution in [3.63, 3.8) is 0 Å². The number of rotatable bonds is 6. The smallest absolute Gasteiger partial charge is 0.337 e. The van der Waals surface area contributed by atoms with Crippen LogP contribution in [0.3, 0.4) is 0 Å². The fraction of sp³-hybridized carbons (Fsp3) is 0.273. The topological polar surface area (TPSA) is 118 Å². The molecule has 0 aliphatic carbocycles. The molecule has 0 aliphatic heterocycles. The van der Waals surface area contributed by atoms with E-state index in [2.05, 4.69) is 15.9 Å². The van der Waals surface area contributed by atoms with E-state index in [1.54, 1.807) is 0 Å². The highest BCUT2D eigenvalue weighted by molar-refractivity contribution is 9.09. The number of hydrogen-bond donors (Lipinski definition) is 2. The third-order valence-corrected chi connectivity index (χ3v) is 2.79. The van der Waals surface area contributed by atoms with Crippen molar-refractivity contribution in [2.24, 2.45) is 0 Å². The van der Waals surface area contributed by atoms with Crippen LogP contribution >= 0.6 is 15.9 Å². The number of hydrogen-bond acceptors (Lipinski definition) is 5. The van der Waals surface area contributed by atoms with Gasteiger partial charge in [-0.3, -0.25) is 14.9 Å². The molecule has 8 heteroatoms. The first-order valence-corrected chi connectivity index (χ1v) is 6.29.